The van der Waals surface area contributed by atoms with Gasteiger partial charge in [-0.2, -0.15) is 0 Å². The molecular formula is C25H31NO2. The van der Waals surface area contributed by atoms with E-state index in [9.17, 15) is 9.90 Å². The molecule has 1 aromatic rings. The zero-order chi connectivity index (χ0) is 19.5. The molecule has 0 amide bonds. The van der Waals surface area contributed by atoms with Crippen molar-refractivity contribution in [3.63, 3.8) is 0 Å². The third-order valence-electron chi connectivity index (χ3n) is 8.73. The van der Waals surface area contributed by atoms with E-state index in [0.717, 1.165) is 56.2 Å². The minimum atomic E-state index is -0.211. The Bertz CT molecular complexity index is 857. The second-order valence-corrected chi connectivity index (χ2v) is 10.1. The van der Waals surface area contributed by atoms with E-state index in [-0.39, 0.29) is 16.9 Å². The second-order valence-electron chi connectivity index (χ2n) is 10.1. The number of hydrogen-bond donors (Lipinski definition) is 1. The van der Waals surface area contributed by atoms with Gasteiger partial charge in [-0.05, 0) is 91.9 Å². The highest BCUT2D eigenvalue weighted by Gasteiger charge is 2.59. The number of nitrogens with zero attached hydrogens (tertiary/aromatic N) is 1. The number of fused-ring (bicyclic) bond motifs is 5. The Morgan fingerprint density at radius 3 is 2.71 bits per heavy atom. The third kappa shape index (κ3) is 2.58. The molecule has 3 saturated carbocycles. The molecule has 4 aliphatic rings. The molecule has 0 aliphatic heterocycles. The van der Waals surface area contributed by atoms with Crippen molar-refractivity contribution in [2.24, 2.45) is 28.6 Å². The van der Waals surface area contributed by atoms with E-state index in [1.54, 1.807) is 6.20 Å². The number of carbonyl (C=O) groups is 1. The smallest absolute Gasteiger partial charge is 0.165 e. The Kier molecular flexibility index (Phi) is 4.17. The van der Waals surface area contributed by atoms with Crippen LogP contribution in [0.4, 0.5) is 0 Å². The van der Waals surface area contributed by atoms with Crippen LogP contribution in [0.1, 0.15) is 64.5 Å². The normalized spacial score (nSPS) is 43.9. The Morgan fingerprint density at radius 2 is 1.93 bits per heavy atom. The minimum Gasteiger partial charge on any atom is -0.393 e. The summed E-state index contributed by atoms with van der Waals surface area (Å²) in [5.41, 5.74) is 3.37. The minimum absolute atomic E-state index is 0.161. The van der Waals surface area contributed by atoms with Crippen LogP contribution in [0.25, 0.3) is 6.08 Å². The fourth-order valence-electron chi connectivity index (χ4n) is 7.08. The van der Waals surface area contributed by atoms with Crippen molar-refractivity contribution < 1.29 is 9.90 Å². The van der Waals surface area contributed by atoms with E-state index >= 15 is 0 Å². The van der Waals surface area contributed by atoms with Gasteiger partial charge in [0.25, 0.3) is 0 Å². The average Bonchev–Trinajstić information content (AvgIpc) is 2.94. The molecular weight excluding hydrogens is 346 g/mol. The fourth-order valence-corrected chi connectivity index (χ4v) is 7.08. The topological polar surface area (TPSA) is 50.2 Å². The first-order chi connectivity index (χ1) is 13.4. The average molecular weight is 378 g/mol. The van der Waals surface area contributed by atoms with Gasteiger partial charge < -0.3 is 5.11 Å². The molecule has 28 heavy (non-hydrogen) atoms. The highest BCUT2D eigenvalue weighted by molar-refractivity contribution is 6.05. The number of rotatable bonds is 1. The number of Topliss-reactive ketones (excluding diaryl/α,β-unsaturated/α-hetero) is 1. The molecule has 1 unspecified atom stereocenters. The molecule has 0 spiro atoms. The Morgan fingerprint density at radius 1 is 1.11 bits per heavy atom. The third-order valence-corrected chi connectivity index (χ3v) is 8.73. The van der Waals surface area contributed by atoms with Crippen molar-refractivity contribution in [2.75, 3.05) is 0 Å². The summed E-state index contributed by atoms with van der Waals surface area (Å²) >= 11 is 0. The van der Waals surface area contributed by atoms with Gasteiger partial charge in [-0.25, -0.2) is 0 Å². The summed E-state index contributed by atoms with van der Waals surface area (Å²) in [6.45, 7) is 4.66. The molecule has 0 bridgehead atoms. The molecule has 1 aromatic heterocycles. The summed E-state index contributed by atoms with van der Waals surface area (Å²) in [5.74, 6) is 2.04. The lowest BCUT2D eigenvalue weighted by Crippen LogP contribution is -2.50. The summed E-state index contributed by atoms with van der Waals surface area (Å²) in [5, 5.41) is 10.2. The first-order valence-electron chi connectivity index (χ1n) is 11.0. The number of carbonyl (C=O) groups excluding carboxylic acids is 1. The number of aliphatic hydroxyl groups is 1. The Balaban J connectivity index is 1.48. The number of allylic oxidation sites excluding steroid dienone is 2. The van der Waals surface area contributed by atoms with Gasteiger partial charge in [0, 0.05) is 11.6 Å². The van der Waals surface area contributed by atoms with Crippen molar-refractivity contribution in [3.8, 4) is 0 Å². The molecule has 148 valence electrons. The number of hydrogen-bond acceptors (Lipinski definition) is 3. The summed E-state index contributed by atoms with van der Waals surface area (Å²) in [4.78, 5) is 17.8. The number of pyridine rings is 1. The summed E-state index contributed by atoms with van der Waals surface area (Å²) in [6, 6.07) is 5.88. The molecule has 3 nitrogen and oxygen atoms in total. The first kappa shape index (κ1) is 18.3. The van der Waals surface area contributed by atoms with Gasteiger partial charge in [0.2, 0.25) is 0 Å². The van der Waals surface area contributed by atoms with Gasteiger partial charge in [-0.15, -0.1) is 0 Å². The molecule has 0 radical (unpaired) electrons. The molecule has 3 heteroatoms. The van der Waals surface area contributed by atoms with Crippen molar-refractivity contribution in [1.82, 2.24) is 4.98 Å². The first-order valence-corrected chi connectivity index (χ1v) is 11.0. The Hall–Kier alpha value is -1.74. The van der Waals surface area contributed by atoms with Gasteiger partial charge in [-0.1, -0.05) is 31.6 Å². The van der Waals surface area contributed by atoms with E-state index in [1.165, 1.54) is 5.57 Å². The quantitative estimate of drug-likeness (QED) is 0.555. The predicted octanol–water partition coefficient (Wildman–Crippen LogP) is 4.97. The number of aromatic nitrogens is 1. The maximum atomic E-state index is 13.4. The molecule has 1 N–H and O–H groups in total. The highest BCUT2D eigenvalue weighted by atomic mass is 16.3. The predicted molar refractivity (Wildman–Crippen MR) is 110 cm³/mol. The molecule has 6 atom stereocenters. The lowest BCUT2D eigenvalue weighted by atomic mass is 9.48. The number of ketones is 1. The van der Waals surface area contributed by atoms with Crippen LogP contribution < -0.4 is 0 Å². The summed E-state index contributed by atoms with van der Waals surface area (Å²) < 4.78 is 0. The van der Waals surface area contributed by atoms with Crippen LogP contribution in [0.5, 0.6) is 0 Å². The molecule has 5 rings (SSSR count). The van der Waals surface area contributed by atoms with Crippen molar-refractivity contribution >= 4 is 11.9 Å². The molecule has 3 fully saturated rings. The van der Waals surface area contributed by atoms with E-state index in [0.29, 0.717) is 23.5 Å². The van der Waals surface area contributed by atoms with Gasteiger partial charge in [0.15, 0.2) is 5.78 Å². The van der Waals surface area contributed by atoms with E-state index in [1.807, 2.05) is 24.3 Å². The SMILES string of the molecule is C[C@]12CCC(O)CC1=CC[C@@H]1[C@H]2CC[C@]2(C)C(=O)C(=Cc3ccccn3)C[C@@H]12. The van der Waals surface area contributed by atoms with E-state index in [2.05, 4.69) is 24.9 Å². The van der Waals surface area contributed by atoms with E-state index < -0.39 is 0 Å². The maximum Gasteiger partial charge on any atom is 0.165 e. The fraction of sp³-hybridized carbons (Fsp3) is 0.600. The van der Waals surface area contributed by atoms with Gasteiger partial charge in [0.05, 0.1) is 11.8 Å². The van der Waals surface area contributed by atoms with Crippen LogP contribution in [-0.4, -0.2) is 22.0 Å². The van der Waals surface area contributed by atoms with Gasteiger partial charge in [0.1, 0.15) is 0 Å². The van der Waals surface area contributed by atoms with Gasteiger partial charge >= 0.3 is 0 Å². The van der Waals surface area contributed by atoms with Crippen molar-refractivity contribution in [3.05, 3.63) is 47.3 Å². The lowest BCUT2D eigenvalue weighted by molar-refractivity contribution is -0.130. The zero-order valence-corrected chi connectivity index (χ0v) is 17.0. The van der Waals surface area contributed by atoms with E-state index in [4.69, 9.17) is 0 Å². The van der Waals surface area contributed by atoms with Crippen LogP contribution in [0.2, 0.25) is 0 Å². The Labute approximate surface area is 168 Å². The molecule has 0 aromatic carbocycles. The largest absolute Gasteiger partial charge is 0.393 e. The zero-order valence-electron chi connectivity index (χ0n) is 17.0. The standard InChI is InChI=1S/C25H31NO2/c1-24-10-8-19(27)15-17(24)6-7-20-21(24)9-11-25(2)22(20)14-16(23(25)28)13-18-5-3-4-12-26-18/h3-6,12-13,19-22,27H,7-11,14-15H2,1-2H3/t19?,20-,21-,22+,24+,25+/m1/s1. The molecule has 0 saturated heterocycles. The van der Waals surface area contributed by atoms with Crippen LogP contribution >= 0.6 is 0 Å². The van der Waals surface area contributed by atoms with Crippen molar-refractivity contribution in [2.45, 2.75) is 64.9 Å². The van der Waals surface area contributed by atoms with Crippen LogP contribution in [0.3, 0.4) is 0 Å². The summed E-state index contributed by atoms with van der Waals surface area (Å²) in [6.07, 6.45) is 13.1. The van der Waals surface area contributed by atoms with Crippen LogP contribution in [0, 0.1) is 28.6 Å². The molecule has 1 heterocycles. The van der Waals surface area contributed by atoms with Crippen molar-refractivity contribution in [1.29, 1.82) is 0 Å². The second kappa shape index (κ2) is 6.38. The molecule has 4 aliphatic carbocycles. The lowest BCUT2D eigenvalue weighted by Gasteiger charge is -2.56. The number of aliphatic hydroxyl groups excluding tert-OH is 1. The van der Waals surface area contributed by atoms with Crippen LogP contribution in [-0.2, 0) is 4.79 Å². The monoisotopic (exact) mass is 377 g/mol. The van der Waals surface area contributed by atoms with Crippen LogP contribution in [0.15, 0.2) is 41.6 Å². The van der Waals surface area contributed by atoms with Gasteiger partial charge in [-0.3, -0.25) is 9.78 Å². The maximum absolute atomic E-state index is 13.4. The summed E-state index contributed by atoms with van der Waals surface area (Å²) in [7, 11) is 0. The highest BCUT2D eigenvalue weighted by Crippen LogP contribution is 2.64.